The van der Waals surface area contributed by atoms with E-state index in [1.807, 2.05) is 14.1 Å². The molecule has 84 valence electrons. The van der Waals surface area contributed by atoms with Crippen molar-refractivity contribution in [1.29, 1.82) is 0 Å². The second-order valence-electron chi connectivity index (χ2n) is 3.65. The zero-order valence-corrected chi connectivity index (χ0v) is 10.7. The van der Waals surface area contributed by atoms with Crippen molar-refractivity contribution in [3.8, 4) is 11.8 Å². The normalized spacial score (nSPS) is 8.71. The zero-order chi connectivity index (χ0) is 11.2. The second-order valence-corrected chi connectivity index (χ2v) is 3.65. The van der Waals surface area contributed by atoms with Gasteiger partial charge in [-0.05, 0) is 14.1 Å². The van der Waals surface area contributed by atoms with Gasteiger partial charge in [-0.1, -0.05) is 52.4 Å². The highest BCUT2D eigenvalue weighted by molar-refractivity contribution is 4.99. The molecule has 0 aromatic heterocycles. The van der Waals surface area contributed by atoms with Gasteiger partial charge in [0.2, 0.25) is 0 Å². The summed E-state index contributed by atoms with van der Waals surface area (Å²) < 4.78 is 0. The summed E-state index contributed by atoms with van der Waals surface area (Å²) in [6.07, 6.45) is 6.50. The fourth-order valence-electron chi connectivity index (χ4n) is 0.839. The van der Waals surface area contributed by atoms with Gasteiger partial charge < -0.3 is 0 Å². The Balaban J connectivity index is 0. The van der Waals surface area contributed by atoms with Crippen LogP contribution in [0, 0.1) is 11.8 Å². The first-order valence-electron chi connectivity index (χ1n) is 5.79. The monoisotopic (exact) mass is 197 g/mol. The third-order valence-electron chi connectivity index (χ3n) is 1.65. The van der Waals surface area contributed by atoms with Crippen molar-refractivity contribution in [1.82, 2.24) is 4.90 Å². The molecule has 0 atom stereocenters. The van der Waals surface area contributed by atoms with E-state index in [9.17, 15) is 0 Å². The lowest BCUT2D eigenvalue weighted by Crippen LogP contribution is -2.10. The van der Waals surface area contributed by atoms with Crippen LogP contribution in [-0.2, 0) is 0 Å². The summed E-state index contributed by atoms with van der Waals surface area (Å²) in [4.78, 5) is 2.06. The molecule has 0 aliphatic rings. The van der Waals surface area contributed by atoms with Gasteiger partial charge in [-0.3, -0.25) is 4.90 Å². The predicted molar refractivity (Wildman–Crippen MR) is 66.4 cm³/mol. The molecule has 0 aromatic carbocycles. The zero-order valence-electron chi connectivity index (χ0n) is 10.7. The van der Waals surface area contributed by atoms with Crippen LogP contribution < -0.4 is 0 Å². The third-order valence-corrected chi connectivity index (χ3v) is 1.65. The summed E-state index contributed by atoms with van der Waals surface area (Å²) in [6.45, 7) is 7.40. The molecule has 0 aromatic rings. The van der Waals surface area contributed by atoms with Gasteiger partial charge >= 0.3 is 0 Å². The summed E-state index contributed by atoms with van der Waals surface area (Å²) in [5.74, 6) is 6.00. The minimum absolute atomic E-state index is 0.883. The van der Waals surface area contributed by atoms with Crippen molar-refractivity contribution in [2.75, 3.05) is 20.6 Å². The highest BCUT2D eigenvalue weighted by atomic mass is 15.0. The number of hydrogen-bond donors (Lipinski definition) is 0. The molecule has 1 heteroatoms. The van der Waals surface area contributed by atoms with Gasteiger partial charge in [0, 0.05) is 6.42 Å². The van der Waals surface area contributed by atoms with Crippen molar-refractivity contribution < 1.29 is 0 Å². The van der Waals surface area contributed by atoms with Crippen LogP contribution >= 0.6 is 0 Å². The first-order valence-corrected chi connectivity index (χ1v) is 5.79. The molecule has 0 saturated carbocycles. The predicted octanol–water partition coefficient (Wildman–Crippen LogP) is 3.55. The van der Waals surface area contributed by atoms with Crippen molar-refractivity contribution in [3.05, 3.63) is 0 Å². The van der Waals surface area contributed by atoms with Crippen LogP contribution in [0.25, 0.3) is 0 Å². The Morgan fingerprint density at radius 3 is 1.64 bits per heavy atom. The smallest absolute Gasteiger partial charge is 0.0596 e. The lowest BCUT2D eigenvalue weighted by molar-refractivity contribution is 0.463. The van der Waals surface area contributed by atoms with Crippen LogP contribution in [0.15, 0.2) is 0 Å². The molecule has 0 heterocycles. The molecule has 0 spiro atoms. The average molecular weight is 197 g/mol. The molecular weight excluding hydrogens is 170 g/mol. The van der Waals surface area contributed by atoms with Crippen LogP contribution in [-0.4, -0.2) is 25.5 Å². The quantitative estimate of drug-likeness (QED) is 0.492. The Morgan fingerprint density at radius 1 is 0.857 bits per heavy atom. The van der Waals surface area contributed by atoms with Crippen LogP contribution in [0.5, 0.6) is 0 Å². The Hall–Kier alpha value is -0.480. The van der Waals surface area contributed by atoms with Crippen LogP contribution in [0.3, 0.4) is 0 Å². The number of hydrogen-bond acceptors (Lipinski definition) is 1. The Kier molecular flexibility index (Phi) is 17.1. The number of rotatable bonds is 4. The molecule has 1 nitrogen and oxygen atoms in total. The summed E-state index contributed by atoms with van der Waals surface area (Å²) in [5, 5.41) is 0. The van der Waals surface area contributed by atoms with E-state index < -0.39 is 0 Å². The molecule has 0 aliphatic heterocycles. The topological polar surface area (TPSA) is 3.24 Å². The van der Waals surface area contributed by atoms with Crippen molar-refractivity contribution in [2.45, 2.75) is 52.9 Å². The molecule has 0 saturated heterocycles. The average Bonchev–Trinajstić information content (AvgIpc) is 2.16. The molecule has 0 fully saturated rings. The van der Waals surface area contributed by atoms with E-state index in [-0.39, 0.29) is 0 Å². The molecule has 0 N–H and O–H groups in total. The second kappa shape index (κ2) is 15.0. The van der Waals surface area contributed by atoms with Gasteiger partial charge in [-0.15, -0.1) is 5.92 Å². The molecule has 0 amide bonds. The van der Waals surface area contributed by atoms with Crippen LogP contribution in [0.4, 0.5) is 0 Å². The van der Waals surface area contributed by atoms with Gasteiger partial charge in [0.25, 0.3) is 0 Å². The molecule has 0 aliphatic carbocycles. The molecule has 14 heavy (non-hydrogen) atoms. The van der Waals surface area contributed by atoms with Gasteiger partial charge in [0.05, 0.1) is 6.54 Å². The first kappa shape index (κ1) is 16.0. The lowest BCUT2D eigenvalue weighted by Gasteiger charge is -2.00. The maximum Gasteiger partial charge on any atom is 0.0596 e. The van der Waals surface area contributed by atoms with E-state index in [1.54, 1.807) is 0 Å². The van der Waals surface area contributed by atoms with Gasteiger partial charge in [0.1, 0.15) is 0 Å². The maximum atomic E-state index is 3.01. The molecule has 0 rings (SSSR count). The van der Waals surface area contributed by atoms with Gasteiger partial charge in [-0.2, -0.15) is 0 Å². The number of nitrogens with zero attached hydrogens (tertiary/aromatic N) is 1. The fraction of sp³-hybridized carbons (Fsp3) is 0.846. The van der Waals surface area contributed by atoms with E-state index in [4.69, 9.17) is 0 Å². The van der Waals surface area contributed by atoms with Crippen LogP contribution in [0.1, 0.15) is 52.9 Å². The minimum Gasteiger partial charge on any atom is -0.299 e. The van der Waals surface area contributed by atoms with E-state index in [0.717, 1.165) is 13.0 Å². The Labute approximate surface area is 90.9 Å². The van der Waals surface area contributed by atoms with E-state index >= 15 is 0 Å². The van der Waals surface area contributed by atoms with E-state index in [0.29, 0.717) is 0 Å². The van der Waals surface area contributed by atoms with Crippen molar-refractivity contribution in [3.63, 3.8) is 0 Å². The highest BCUT2D eigenvalue weighted by Crippen LogP contribution is 1.95. The SMILES string of the molecule is CCC#CCN(C)C.CCCCCC. The Bertz CT molecular complexity index is 135. The largest absolute Gasteiger partial charge is 0.299 e. The maximum absolute atomic E-state index is 3.01. The summed E-state index contributed by atoms with van der Waals surface area (Å²) in [6, 6.07) is 0. The van der Waals surface area contributed by atoms with Crippen LogP contribution in [0.2, 0.25) is 0 Å². The third kappa shape index (κ3) is 22.5. The summed E-state index contributed by atoms with van der Waals surface area (Å²) in [7, 11) is 4.04. The lowest BCUT2D eigenvalue weighted by atomic mass is 10.2. The fourth-order valence-corrected chi connectivity index (χ4v) is 0.839. The van der Waals surface area contributed by atoms with Gasteiger partial charge in [0.15, 0.2) is 0 Å². The van der Waals surface area contributed by atoms with Crippen molar-refractivity contribution >= 4 is 0 Å². The van der Waals surface area contributed by atoms with E-state index in [1.165, 1.54) is 25.7 Å². The molecule has 0 unspecified atom stereocenters. The van der Waals surface area contributed by atoms with Crippen molar-refractivity contribution in [2.24, 2.45) is 0 Å². The molecule has 0 radical (unpaired) electrons. The Morgan fingerprint density at radius 2 is 1.36 bits per heavy atom. The minimum atomic E-state index is 0.883. The highest BCUT2D eigenvalue weighted by Gasteiger charge is 1.77. The van der Waals surface area contributed by atoms with Gasteiger partial charge in [-0.25, -0.2) is 0 Å². The van der Waals surface area contributed by atoms with E-state index in [2.05, 4.69) is 37.5 Å². The summed E-state index contributed by atoms with van der Waals surface area (Å²) in [5.41, 5.74) is 0. The molecule has 0 bridgehead atoms. The summed E-state index contributed by atoms with van der Waals surface area (Å²) >= 11 is 0. The first-order chi connectivity index (χ1) is 6.68. The molecular formula is C13H27N. The number of unbranched alkanes of at least 4 members (excludes halogenated alkanes) is 3. The standard InChI is InChI=1S/C7H13N.C6H14/c1-4-5-6-7-8(2)3;1-3-5-6-4-2/h4,7H2,1-3H3;3-6H2,1-2H3.